The average Bonchev–Trinajstić information content (AvgIpc) is 3.12. The van der Waals surface area contributed by atoms with Crippen molar-refractivity contribution >= 4 is 16.7 Å². The first-order valence-corrected chi connectivity index (χ1v) is 9.35. The minimum Gasteiger partial charge on any atom is -0.354 e. The maximum absolute atomic E-state index is 13.8. The summed E-state index contributed by atoms with van der Waals surface area (Å²) in [7, 11) is 1.66. The van der Waals surface area contributed by atoms with Crippen LogP contribution in [-0.4, -0.2) is 27.8 Å². The summed E-state index contributed by atoms with van der Waals surface area (Å²) in [4.78, 5) is 32.3. The fourth-order valence-electron chi connectivity index (χ4n) is 3.91. The van der Waals surface area contributed by atoms with E-state index in [1.807, 2.05) is 6.07 Å². The number of rotatable bonds is 3. The Morgan fingerprint density at radius 2 is 1.79 bits per heavy atom. The van der Waals surface area contributed by atoms with Crippen LogP contribution in [0.2, 0.25) is 0 Å². The van der Waals surface area contributed by atoms with Crippen molar-refractivity contribution in [3.8, 4) is 0 Å². The van der Waals surface area contributed by atoms with E-state index in [2.05, 4.69) is 9.97 Å². The van der Waals surface area contributed by atoms with E-state index in [1.54, 1.807) is 14.0 Å². The predicted octanol–water partition coefficient (Wildman–Crippen LogP) is 3.85. The van der Waals surface area contributed by atoms with Gasteiger partial charge in [-0.1, -0.05) is 0 Å². The van der Waals surface area contributed by atoms with E-state index < -0.39 is 23.2 Å². The summed E-state index contributed by atoms with van der Waals surface area (Å²) in [5, 5.41) is 0.347. The van der Waals surface area contributed by atoms with Crippen LogP contribution in [-0.2, 0) is 12.8 Å². The molecule has 3 aromatic rings. The number of halogens is 2. The molecule has 1 atom stereocenters. The minimum absolute atomic E-state index is 0.0550. The second-order valence-electron chi connectivity index (χ2n) is 7.37. The second kappa shape index (κ2) is 6.89. The van der Waals surface area contributed by atoms with Gasteiger partial charge in [-0.2, -0.15) is 0 Å². The third-order valence-electron chi connectivity index (χ3n) is 5.67. The number of aromatic amines is 2. The molecule has 1 aliphatic carbocycles. The molecule has 0 aliphatic heterocycles. The first-order valence-electron chi connectivity index (χ1n) is 9.35. The van der Waals surface area contributed by atoms with Crippen LogP contribution >= 0.6 is 0 Å². The number of pyridine rings is 1. The van der Waals surface area contributed by atoms with Gasteiger partial charge < -0.3 is 14.9 Å². The van der Waals surface area contributed by atoms with E-state index in [0.717, 1.165) is 43.5 Å². The standard InChI is InChI=1S/C21H21F2N3O2/c1-11(15-10-24-20(27)14-9-17(23)16(22)8-13(14)15)26(2)21(28)19-7-12-5-3-4-6-18(12)25-19/h7-11,25H,3-6H2,1-2H3,(H,24,27). The van der Waals surface area contributed by atoms with Crippen LogP contribution in [0.5, 0.6) is 0 Å². The molecule has 0 saturated carbocycles. The number of aryl methyl sites for hydroxylation is 2. The highest BCUT2D eigenvalue weighted by Crippen LogP contribution is 2.28. The number of H-pyrrole nitrogens is 2. The number of fused-ring (bicyclic) bond motifs is 2. The number of nitrogens with zero attached hydrogens (tertiary/aromatic N) is 1. The van der Waals surface area contributed by atoms with Crippen LogP contribution in [0.15, 0.2) is 29.2 Å². The van der Waals surface area contributed by atoms with Gasteiger partial charge in [0.15, 0.2) is 11.6 Å². The van der Waals surface area contributed by atoms with Crippen LogP contribution in [0.25, 0.3) is 10.8 Å². The Kier molecular flexibility index (Phi) is 4.53. The molecule has 0 fully saturated rings. The number of amides is 1. The van der Waals surface area contributed by atoms with Crippen molar-refractivity contribution in [1.82, 2.24) is 14.9 Å². The molecule has 2 aromatic heterocycles. The molecule has 7 heteroatoms. The number of carbonyl (C=O) groups excluding carboxylic acids is 1. The van der Waals surface area contributed by atoms with Crippen molar-refractivity contribution in [3.63, 3.8) is 0 Å². The Labute approximate surface area is 160 Å². The molecule has 28 heavy (non-hydrogen) atoms. The summed E-state index contributed by atoms with van der Waals surface area (Å²) < 4.78 is 27.4. The zero-order chi connectivity index (χ0) is 20.0. The van der Waals surface area contributed by atoms with Crippen molar-refractivity contribution in [2.24, 2.45) is 0 Å². The number of benzene rings is 1. The number of hydrogen-bond donors (Lipinski definition) is 2. The number of nitrogens with one attached hydrogen (secondary N) is 2. The van der Waals surface area contributed by atoms with Gasteiger partial charge >= 0.3 is 0 Å². The summed E-state index contributed by atoms with van der Waals surface area (Å²) in [6.07, 6.45) is 5.59. The fraction of sp³-hybridized carbons (Fsp3) is 0.333. The molecule has 1 amide bonds. The van der Waals surface area contributed by atoms with Crippen LogP contribution < -0.4 is 5.56 Å². The lowest BCUT2D eigenvalue weighted by Gasteiger charge is -2.26. The zero-order valence-corrected chi connectivity index (χ0v) is 15.7. The molecule has 1 aromatic carbocycles. The largest absolute Gasteiger partial charge is 0.354 e. The minimum atomic E-state index is -1.08. The third-order valence-corrected chi connectivity index (χ3v) is 5.67. The summed E-state index contributed by atoms with van der Waals surface area (Å²) >= 11 is 0. The van der Waals surface area contributed by atoms with E-state index in [4.69, 9.17) is 0 Å². The highest BCUT2D eigenvalue weighted by Gasteiger charge is 2.24. The van der Waals surface area contributed by atoms with Crippen LogP contribution in [0, 0.1) is 11.6 Å². The molecule has 0 bridgehead atoms. The highest BCUT2D eigenvalue weighted by atomic mass is 19.2. The van der Waals surface area contributed by atoms with Crippen molar-refractivity contribution in [2.45, 2.75) is 38.6 Å². The molecule has 2 heterocycles. The molecular formula is C21H21F2N3O2. The van der Waals surface area contributed by atoms with Crippen molar-refractivity contribution in [1.29, 1.82) is 0 Å². The Bertz CT molecular complexity index is 1110. The fourth-order valence-corrected chi connectivity index (χ4v) is 3.91. The van der Waals surface area contributed by atoms with Crippen LogP contribution in [0.4, 0.5) is 8.78 Å². The van der Waals surface area contributed by atoms with E-state index in [-0.39, 0.29) is 11.3 Å². The van der Waals surface area contributed by atoms with Gasteiger partial charge in [0.25, 0.3) is 11.5 Å². The van der Waals surface area contributed by atoms with E-state index in [0.29, 0.717) is 16.6 Å². The van der Waals surface area contributed by atoms with Gasteiger partial charge in [0.05, 0.1) is 11.4 Å². The molecular weight excluding hydrogens is 364 g/mol. The lowest BCUT2D eigenvalue weighted by molar-refractivity contribution is 0.0738. The maximum atomic E-state index is 13.8. The van der Waals surface area contributed by atoms with Gasteiger partial charge in [0.2, 0.25) is 0 Å². The Balaban J connectivity index is 1.70. The molecule has 1 aliphatic rings. The molecule has 4 rings (SSSR count). The molecule has 0 radical (unpaired) electrons. The molecule has 0 spiro atoms. The Hall–Kier alpha value is -2.96. The van der Waals surface area contributed by atoms with Crippen LogP contribution in [0.3, 0.4) is 0 Å². The Morgan fingerprint density at radius 3 is 2.50 bits per heavy atom. The second-order valence-corrected chi connectivity index (χ2v) is 7.37. The number of aromatic nitrogens is 2. The number of hydrogen-bond acceptors (Lipinski definition) is 2. The van der Waals surface area contributed by atoms with Crippen molar-refractivity contribution in [3.05, 3.63) is 68.9 Å². The van der Waals surface area contributed by atoms with Gasteiger partial charge in [-0.3, -0.25) is 9.59 Å². The molecule has 5 nitrogen and oxygen atoms in total. The smallest absolute Gasteiger partial charge is 0.270 e. The van der Waals surface area contributed by atoms with Gasteiger partial charge in [0.1, 0.15) is 5.69 Å². The van der Waals surface area contributed by atoms with Gasteiger partial charge in [-0.15, -0.1) is 0 Å². The van der Waals surface area contributed by atoms with Gasteiger partial charge in [-0.25, -0.2) is 8.78 Å². The highest BCUT2D eigenvalue weighted by molar-refractivity contribution is 5.93. The lowest BCUT2D eigenvalue weighted by Crippen LogP contribution is -2.30. The van der Waals surface area contributed by atoms with Crippen LogP contribution in [0.1, 0.15) is 53.1 Å². The molecule has 2 N–H and O–H groups in total. The summed E-state index contributed by atoms with van der Waals surface area (Å²) in [5.41, 5.74) is 2.86. The molecule has 1 unspecified atom stereocenters. The monoisotopic (exact) mass is 385 g/mol. The molecule has 146 valence electrons. The van der Waals surface area contributed by atoms with Gasteiger partial charge in [-0.05, 0) is 67.3 Å². The SMILES string of the molecule is CC(c1c[nH]c(=O)c2cc(F)c(F)cc12)N(C)C(=O)c1cc2c([nH]1)CCCC2. The zero-order valence-electron chi connectivity index (χ0n) is 15.7. The van der Waals surface area contributed by atoms with Crippen molar-refractivity contribution < 1.29 is 13.6 Å². The van der Waals surface area contributed by atoms with Gasteiger partial charge in [0, 0.05) is 18.9 Å². The quantitative estimate of drug-likeness (QED) is 0.719. The maximum Gasteiger partial charge on any atom is 0.270 e. The van der Waals surface area contributed by atoms with E-state index in [1.165, 1.54) is 16.7 Å². The summed E-state index contributed by atoms with van der Waals surface area (Å²) in [5.74, 6) is -2.30. The molecule has 0 saturated heterocycles. The Morgan fingerprint density at radius 1 is 1.11 bits per heavy atom. The topological polar surface area (TPSA) is 69.0 Å². The summed E-state index contributed by atoms with van der Waals surface area (Å²) in [6, 6.07) is 3.34. The van der Waals surface area contributed by atoms with Crippen molar-refractivity contribution in [2.75, 3.05) is 7.05 Å². The number of carbonyl (C=O) groups is 1. The summed E-state index contributed by atoms with van der Waals surface area (Å²) in [6.45, 7) is 1.79. The average molecular weight is 385 g/mol. The van der Waals surface area contributed by atoms with E-state index in [9.17, 15) is 18.4 Å². The predicted molar refractivity (Wildman–Crippen MR) is 102 cm³/mol. The van der Waals surface area contributed by atoms with E-state index >= 15 is 0 Å². The first kappa shape index (κ1) is 18.4. The lowest BCUT2D eigenvalue weighted by atomic mass is 9.98. The third kappa shape index (κ3) is 3.00. The normalized spacial score (nSPS) is 14.7. The first-order chi connectivity index (χ1) is 13.4.